The highest BCUT2D eigenvalue weighted by Crippen LogP contribution is 1.94. The second-order valence-corrected chi connectivity index (χ2v) is 1.06. The Bertz CT molecular complexity index is 130. The molecule has 0 aromatic rings. The Labute approximate surface area is 41.6 Å². The van der Waals surface area contributed by atoms with E-state index in [0.29, 0.717) is 5.57 Å². The number of nitriles is 1. The molecule has 0 unspecified atom stereocenters. The first kappa shape index (κ1) is 4.16. The number of nitrogens with zero attached hydrogens (tertiary/aromatic N) is 1. The van der Waals surface area contributed by atoms with Crippen molar-refractivity contribution >= 4 is 0 Å². The summed E-state index contributed by atoms with van der Waals surface area (Å²) in [6.45, 7) is 2.55. The summed E-state index contributed by atoms with van der Waals surface area (Å²) in [5.74, 6) is 0. The third-order valence-corrected chi connectivity index (χ3v) is 0.606. The zero-order valence-corrected chi connectivity index (χ0v) is 3.52. The summed E-state index contributed by atoms with van der Waals surface area (Å²) in [6, 6.07) is 1.89. The normalized spacial score (nSPS) is 17.3. The van der Waals surface area contributed by atoms with Crippen molar-refractivity contribution in [2.45, 2.75) is 0 Å². The summed E-state index contributed by atoms with van der Waals surface area (Å²) in [5, 5.41) is 8.11. The Hall–Kier alpha value is -1.01. The molecule has 0 atom stereocenters. The Morgan fingerprint density at radius 3 is 3.00 bits per heavy atom. The minimum atomic E-state index is 0.500. The fourth-order valence-corrected chi connectivity index (χ4v) is 0.308. The van der Waals surface area contributed by atoms with Gasteiger partial charge in [0, 0.05) is 6.20 Å². The zero-order valence-electron chi connectivity index (χ0n) is 3.52. The van der Waals surface area contributed by atoms with E-state index in [-0.39, 0.29) is 0 Å². The fraction of sp³-hybridized carbons (Fsp3) is 0. The number of hydrogen-bond donors (Lipinski definition) is 2. The topological polar surface area (TPSA) is 47.9 Å². The average molecular weight is 93.1 g/mol. The molecule has 0 bridgehead atoms. The summed E-state index contributed by atoms with van der Waals surface area (Å²) in [5.41, 5.74) is 5.59. The van der Waals surface area contributed by atoms with Crippen LogP contribution in [0.3, 0.4) is 0 Å². The SMILES string of the molecule is N#CC1=CNN[C]1. The molecule has 1 heterocycles. The van der Waals surface area contributed by atoms with Crippen molar-refractivity contribution in [3.8, 4) is 6.07 Å². The Morgan fingerprint density at radius 1 is 1.86 bits per heavy atom. The smallest absolute Gasteiger partial charge is 0.127 e. The number of rotatable bonds is 0. The van der Waals surface area contributed by atoms with Crippen molar-refractivity contribution in [3.05, 3.63) is 18.3 Å². The van der Waals surface area contributed by atoms with Gasteiger partial charge in [-0.3, -0.25) is 0 Å². The largest absolute Gasteiger partial charge is 0.327 e. The highest BCUT2D eigenvalue weighted by Gasteiger charge is 1.99. The van der Waals surface area contributed by atoms with Crippen molar-refractivity contribution in [1.82, 2.24) is 10.9 Å². The van der Waals surface area contributed by atoms with Gasteiger partial charge in [-0.15, -0.1) is 0 Å². The van der Waals surface area contributed by atoms with Crippen LogP contribution >= 0.6 is 0 Å². The van der Waals surface area contributed by atoms with Crippen molar-refractivity contribution in [1.29, 1.82) is 5.26 Å². The molecule has 3 nitrogen and oxygen atoms in total. The molecule has 2 radical (unpaired) electrons. The van der Waals surface area contributed by atoms with E-state index in [4.69, 9.17) is 5.26 Å². The van der Waals surface area contributed by atoms with Gasteiger partial charge in [0.2, 0.25) is 0 Å². The molecule has 2 N–H and O–H groups in total. The van der Waals surface area contributed by atoms with E-state index in [1.807, 2.05) is 6.07 Å². The van der Waals surface area contributed by atoms with Crippen molar-refractivity contribution in [2.75, 3.05) is 0 Å². The Morgan fingerprint density at radius 2 is 2.71 bits per heavy atom. The summed E-state index contributed by atoms with van der Waals surface area (Å²) >= 11 is 0. The molecule has 1 aliphatic heterocycles. The standard InChI is InChI=1S/C4H3N3/c5-1-4-2-6-7-3-4/h2,6-7H. The minimum Gasteiger partial charge on any atom is -0.327 e. The molecule has 34 valence electrons. The fourth-order valence-electron chi connectivity index (χ4n) is 0.308. The molecule has 0 aromatic carbocycles. The zero-order chi connectivity index (χ0) is 5.11. The van der Waals surface area contributed by atoms with E-state index in [9.17, 15) is 0 Å². The van der Waals surface area contributed by atoms with Gasteiger partial charge in [-0.1, -0.05) is 0 Å². The first-order valence-corrected chi connectivity index (χ1v) is 1.80. The summed E-state index contributed by atoms with van der Waals surface area (Å²) < 4.78 is 0. The molecular formula is C4H3N3. The maximum absolute atomic E-state index is 8.11. The molecule has 3 heteroatoms. The molecule has 1 aliphatic rings. The van der Waals surface area contributed by atoms with Crippen LogP contribution in [0.5, 0.6) is 0 Å². The third-order valence-electron chi connectivity index (χ3n) is 0.606. The van der Waals surface area contributed by atoms with Crippen LogP contribution in [0.1, 0.15) is 0 Å². The van der Waals surface area contributed by atoms with Crippen LogP contribution < -0.4 is 10.9 Å². The van der Waals surface area contributed by atoms with E-state index in [1.165, 1.54) is 0 Å². The third kappa shape index (κ3) is 0.699. The van der Waals surface area contributed by atoms with Crippen molar-refractivity contribution < 1.29 is 0 Å². The first-order valence-electron chi connectivity index (χ1n) is 1.80. The molecule has 0 saturated carbocycles. The lowest BCUT2D eigenvalue weighted by molar-refractivity contribution is 0.780. The quantitative estimate of drug-likeness (QED) is 0.426. The molecular weight excluding hydrogens is 90.1 g/mol. The van der Waals surface area contributed by atoms with E-state index < -0.39 is 0 Å². The maximum atomic E-state index is 8.11. The van der Waals surface area contributed by atoms with E-state index in [0.717, 1.165) is 0 Å². The molecule has 0 aromatic heterocycles. The van der Waals surface area contributed by atoms with Gasteiger partial charge in [-0.25, -0.2) is 5.43 Å². The van der Waals surface area contributed by atoms with Crippen LogP contribution in [0.2, 0.25) is 0 Å². The number of hydrazine groups is 1. The Balaban J connectivity index is 2.57. The lowest BCUT2D eigenvalue weighted by atomic mass is 10.3. The lowest BCUT2D eigenvalue weighted by Crippen LogP contribution is -2.16. The molecule has 1 rings (SSSR count). The van der Waals surface area contributed by atoms with Gasteiger partial charge in [0.15, 0.2) is 0 Å². The van der Waals surface area contributed by atoms with Crippen LogP contribution in [0.25, 0.3) is 0 Å². The van der Waals surface area contributed by atoms with E-state index in [1.54, 1.807) is 6.20 Å². The highest BCUT2D eigenvalue weighted by molar-refractivity contribution is 5.29. The second kappa shape index (κ2) is 1.63. The van der Waals surface area contributed by atoms with Gasteiger partial charge in [0.25, 0.3) is 0 Å². The van der Waals surface area contributed by atoms with Crippen LogP contribution in [-0.2, 0) is 0 Å². The van der Waals surface area contributed by atoms with Crippen LogP contribution in [0.4, 0.5) is 0 Å². The monoisotopic (exact) mass is 93.0 g/mol. The Kier molecular flexibility index (Phi) is 0.966. The predicted octanol–water partition coefficient (Wildman–Crippen LogP) is -0.460. The van der Waals surface area contributed by atoms with Gasteiger partial charge in [0.1, 0.15) is 6.54 Å². The lowest BCUT2D eigenvalue weighted by Gasteiger charge is -1.82. The number of hydrogen-bond acceptors (Lipinski definition) is 3. The van der Waals surface area contributed by atoms with Gasteiger partial charge in [-0.2, -0.15) is 5.26 Å². The maximum Gasteiger partial charge on any atom is 0.127 e. The van der Waals surface area contributed by atoms with Gasteiger partial charge in [0.05, 0.1) is 11.6 Å². The average Bonchev–Trinajstić information content (AvgIpc) is 2.14. The van der Waals surface area contributed by atoms with Crippen LogP contribution in [0, 0.1) is 17.9 Å². The second-order valence-electron chi connectivity index (χ2n) is 1.06. The van der Waals surface area contributed by atoms with Crippen LogP contribution in [0.15, 0.2) is 11.8 Å². The van der Waals surface area contributed by atoms with Gasteiger partial charge >= 0.3 is 0 Å². The van der Waals surface area contributed by atoms with Crippen molar-refractivity contribution in [2.24, 2.45) is 0 Å². The molecule has 0 spiro atoms. The predicted molar refractivity (Wildman–Crippen MR) is 23.2 cm³/mol. The van der Waals surface area contributed by atoms with Crippen molar-refractivity contribution in [3.63, 3.8) is 0 Å². The van der Waals surface area contributed by atoms with Gasteiger partial charge in [-0.05, 0) is 0 Å². The summed E-state index contributed by atoms with van der Waals surface area (Å²) in [7, 11) is 0. The van der Waals surface area contributed by atoms with Crippen LogP contribution in [-0.4, -0.2) is 0 Å². The molecule has 7 heavy (non-hydrogen) atoms. The molecule has 0 fully saturated rings. The molecule has 0 aliphatic carbocycles. The van der Waals surface area contributed by atoms with Gasteiger partial charge < -0.3 is 5.43 Å². The number of nitrogens with one attached hydrogen (secondary N) is 2. The molecule has 0 amide bonds. The summed E-state index contributed by atoms with van der Waals surface area (Å²) in [6.07, 6.45) is 1.54. The first-order chi connectivity index (χ1) is 3.43. The minimum absolute atomic E-state index is 0.500. The van der Waals surface area contributed by atoms with E-state index in [2.05, 4.69) is 17.4 Å². The highest BCUT2D eigenvalue weighted by atomic mass is 15.4. The van der Waals surface area contributed by atoms with E-state index >= 15 is 0 Å². The molecule has 0 saturated heterocycles. The summed E-state index contributed by atoms with van der Waals surface area (Å²) in [4.78, 5) is 0.